The summed E-state index contributed by atoms with van der Waals surface area (Å²) in [4.78, 5) is 13.0. The molecule has 0 spiro atoms. The maximum atomic E-state index is 13.0. The molecule has 7 atom stereocenters. The van der Waals surface area contributed by atoms with Gasteiger partial charge in [0.05, 0.1) is 25.4 Å². The highest BCUT2D eigenvalue weighted by Crippen LogP contribution is 2.23. The van der Waals surface area contributed by atoms with Crippen LogP contribution in [0, 0.1) is 0 Å². The summed E-state index contributed by atoms with van der Waals surface area (Å²) in [7, 11) is 0. The Hall–Kier alpha value is -2.37. The number of ether oxygens (including phenoxy) is 2. The number of unbranched alkanes of at least 4 members (excludes halogenated alkanes) is 30. The molecule has 7 unspecified atom stereocenters. The number of carbonyl (C=O) groups excluding carboxylic acids is 1. The summed E-state index contributed by atoms with van der Waals surface area (Å²) in [5, 5.41) is 54.5. The second kappa shape index (κ2) is 51.1. The number of hydrogen-bond acceptors (Lipinski definition) is 8. The van der Waals surface area contributed by atoms with Crippen LogP contribution >= 0.6 is 0 Å². The maximum Gasteiger partial charge on any atom is 0.220 e. The molecule has 6 N–H and O–H groups in total. The molecule has 0 aromatic heterocycles. The normalized spacial score (nSPS) is 19.8. The van der Waals surface area contributed by atoms with E-state index in [4.69, 9.17) is 9.47 Å². The van der Waals surface area contributed by atoms with Gasteiger partial charge in [-0.15, -0.1) is 0 Å². The first-order chi connectivity index (χ1) is 34.8. The van der Waals surface area contributed by atoms with Crippen LogP contribution in [0.4, 0.5) is 0 Å². The highest BCUT2D eigenvalue weighted by atomic mass is 16.7. The lowest BCUT2D eigenvalue weighted by atomic mass is 9.99. The van der Waals surface area contributed by atoms with Gasteiger partial charge in [0.15, 0.2) is 6.29 Å². The van der Waals surface area contributed by atoms with Gasteiger partial charge in [-0.05, 0) is 64.2 Å². The van der Waals surface area contributed by atoms with E-state index in [-0.39, 0.29) is 12.5 Å². The second-order valence-electron chi connectivity index (χ2n) is 20.4. The van der Waals surface area contributed by atoms with E-state index in [1.165, 1.54) is 161 Å². The number of nitrogens with one attached hydrogen (secondary N) is 1. The molecule has 0 aliphatic carbocycles. The first-order valence-corrected chi connectivity index (χ1v) is 29.7. The van der Waals surface area contributed by atoms with Crippen LogP contribution in [0.5, 0.6) is 0 Å². The smallest absolute Gasteiger partial charge is 0.220 e. The number of allylic oxidation sites excluding steroid dienone is 11. The second-order valence-corrected chi connectivity index (χ2v) is 20.4. The van der Waals surface area contributed by atoms with Crippen LogP contribution in [0.2, 0.25) is 0 Å². The van der Waals surface area contributed by atoms with Gasteiger partial charge in [0.25, 0.3) is 0 Å². The van der Waals surface area contributed by atoms with E-state index in [1.54, 1.807) is 6.08 Å². The van der Waals surface area contributed by atoms with Gasteiger partial charge in [0.2, 0.25) is 5.91 Å². The van der Waals surface area contributed by atoms with Gasteiger partial charge >= 0.3 is 0 Å². The third kappa shape index (κ3) is 40.7. The molecular formula is C62H111NO8. The minimum Gasteiger partial charge on any atom is -0.394 e. The summed E-state index contributed by atoms with van der Waals surface area (Å²) < 4.78 is 11.3. The number of hydrogen-bond donors (Lipinski definition) is 6. The van der Waals surface area contributed by atoms with Gasteiger partial charge in [-0.3, -0.25) is 4.79 Å². The van der Waals surface area contributed by atoms with Crippen molar-refractivity contribution in [3.8, 4) is 0 Å². The van der Waals surface area contributed by atoms with Gasteiger partial charge in [0, 0.05) is 6.42 Å². The first-order valence-electron chi connectivity index (χ1n) is 29.7. The van der Waals surface area contributed by atoms with Crippen LogP contribution in [0.1, 0.15) is 258 Å². The SMILES string of the molecule is CC/C=C\C/C=C\C/C=C\C/C=C\C/C=C\CCCCCC(=O)NC(COC1OC(CO)C(O)C(O)C1O)C(O)/C=C/CCCCCCCCCCCCCCCCCCCCCCCCCCCCC. The fourth-order valence-electron chi connectivity index (χ4n) is 9.13. The van der Waals surface area contributed by atoms with Crippen molar-refractivity contribution in [2.24, 2.45) is 0 Å². The Labute approximate surface area is 436 Å². The zero-order valence-corrected chi connectivity index (χ0v) is 45.7. The summed E-state index contributed by atoms with van der Waals surface area (Å²) in [5.41, 5.74) is 0. The number of amides is 1. The lowest BCUT2D eigenvalue weighted by molar-refractivity contribution is -0.302. The predicted octanol–water partition coefficient (Wildman–Crippen LogP) is 14.8. The third-order valence-corrected chi connectivity index (χ3v) is 13.8. The molecule has 9 heteroatoms. The maximum absolute atomic E-state index is 13.0. The van der Waals surface area contributed by atoms with Gasteiger partial charge in [0.1, 0.15) is 24.4 Å². The topological polar surface area (TPSA) is 149 Å². The Morgan fingerprint density at radius 3 is 1.30 bits per heavy atom. The van der Waals surface area contributed by atoms with Crippen molar-refractivity contribution in [2.75, 3.05) is 13.2 Å². The Kier molecular flexibility index (Phi) is 48.0. The van der Waals surface area contributed by atoms with E-state index < -0.39 is 49.5 Å². The fourth-order valence-corrected chi connectivity index (χ4v) is 9.13. The van der Waals surface area contributed by atoms with Crippen molar-refractivity contribution in [1.82, 2.24) is 5.32 Å². The van der Waals surface area contributed by atoms with Crippen LogP contribution in [0.3, 0.4) is 0 Å². The van der Waals surface area contributed by atoms with E-state index in [9.17, 15) is 30.3 Å². The fraction of sp³-hybridized carbons (Fsp3) is 0.790. The Morgan fingerprint density at radius 1 is 0.493 bits per heavy atom. The average Bonchev–Trinajstić information content (AvgIpc) is 3.37. The molecule has 0 radical (unpaired) electrons. The monoisotopic (exact) mass is 998 g/mol. The summed E-state index contributed by atoms with van der Waals surface area (Å²) in [6.45, 7) is 3.66. The number of aliphatic hydroxyl groups is 5. The Morgan fingerprint density at radius 2 is 0.873 bits per heavy atom. The Bertz CT molecular complexity index is 1340. The lowest BCUT2D eigenvalue weighted by Crippen LogP contribution is -2.60. The molecule has 1 amide bonds. The number of carbonyl (C=O) groups is 1. The molecule has 1 aliphatic rings. The molecule has 1 saturated heterocycles. The molecule has 0 aromatic rings. The molecule has 1 rings (SSSR count). The molecule has 71 heavy (non-hydrogen) atoms. The van der Waals surface area contributed by atoms with Crippen LogP contribution in [0.25, 0.3) is 0 Å². The van der Waals surface area contributed by atoms with Crippen LogP contribution in [0.15, 0.2) is 72.9 Å². The molecule has 0 saturated carbocycles. The van der Waals surface area contributed by atoms with E-state index in [1.807, 2.05) is 6.08 Å². The molecular weight excluding hydrogens is 887 g/mol. The number of aliphatic hydroxyl groups excluding tert-OH is 5. The third-order valence-electron chi connectivity index (χ3n) is 13.8. The van der Waals surface area contributed by atoms with Crippen LogP contribution < -0.4 is 5.32 Å². The molecule has 1 fully saturated rings. The van der Waals surface area contributed by atoms with Gasteiger partial charge in [-0.1, -0.05) is 260 Å². The van der Waals surface area contributed by atoms with Gasteiger partial charge < -0.3 is 40.3 Å². The molecule has 1 aliphatic heterocycles. The first kappa shape index (κ1) is 66.6. The molecule has 9 nitrogen and oxygen atoms in total. The van der Waals surface area contributed by atoms with Crippen molar-refractivity contribution in [2.45, 2.75) is 301 Å². The van der Waals surface area contributed by atoms with Crippen LogP contribution in [-0.4, -0.2) is 87.5 Å². The zero-order chi connectivity index (χ0) is 51.5. The summed E-state index contributed by atoms with van der Waals surface area (Å²) >= 11 is 0. The van der Waals surface area contributed by atoms with E-state index in [2.05, 4.69) is 79.9 Å². The van der Waals surface area contributed by atoms with Crippen LogP contribution in [-0.2, 0) is 14.3 Å². The zero-order valence-electron chi connectivity index (χ0n) is 45.7. The van der Waals surface area contributed by atoms with Crippen molar-refractivity contribution in [3.05, 3.63) is 72.9 Å². The predicted molar refractivity (Wildman–Crippen MR) is 299 cm³/mol. The van der Waals surface area contributed by atoms with Crippen molar-refractivity contribution in [3.63, 3.8) is 0 Å². The average molecular weight is 999 g/mol. The molecule has 0 bridgehead atoms. The minimum atomic E-state index is -1.58. The standard InChI is InChI=1S/C62H111NO8/c1-3-5-7-9-11-13-15-17-19-21-23-24-25-26-27-28-29-30-31-32-34-35-37-39-41-43-45-47-49-51-56(65)55(54-70-62-61(69)60(68)59(67)57(53-64)71-62)63-58(66)52-50-48-46-44-42-40-38-36-33-22-20-18-16-14-12-10-8-6-4-2/h6,8,12,14,18,20,33,36,40,42,49,51,55-57,59-62,64-65,67-69H,3-5,7,9-11,13,15-17,19,21-32,34-35,37-39,41,43-48,50,52-54H2,1-2H3,(H,63,66)/b8-6-,14-12-,20-18-,36-33-,42-40-,51-49+. The van der Waals surface area contributed by atoms with Gasteiger partial charge in [-0.2, -0.15) is 0 Å². The summed E-state index contributed by atoms with van der Waals surface area (Å²) in [5.74, 6) is -0.208. The minimum absolute atomic E-state index is 0.205. The van der Waals surface area contributed by atoms with E-state index in [0.29, 0.717) is 12.8 Å². The largest absolute Gasteiger partial charge is 0.394 e. The van der Waals surface area contributed by atoms with E-state index >= 15 is 0 Å². The molecule has 412 valence electrons. The highest BCUT2D eigenvalue weighted by molar-refractivity contribution is 5.76. The lowest BCUT2D eigenvalue weighted by Gasteiger charge is -2.40. The quantitative estimate of drug-likeness (QED) is 0.0261. The van der Waals surface area contributed by atoms with Crippen molar-refractivity contribution in [1.29, 1.82) is 0 Å². The summed E-state index contributed by atoms with van der Waals surface area (Å²) in [6.07, 6.45) is 64.1. The number of rotatable bonds is 50. The Balaban J connectivity index is 2.22. The summed E-state index contributed by atoms with van der Waals surface area (Å²) in [6, 6.07) is -0.828. The molecule has 0 aromatic carbocycles. The van der Waals surface area contributed by atoms with Crippen molar-refractivity contribution < 1.29 is 39.8 Å². The van der Waals surface area contributed by atoms with Crippen molar-refractivity contribution >= 4 is 5.91 Å². The van der Waals surface area contributed by atoms with Gasteiger partial charge in [-0.25, -0.2) is 0 Å². The highest BCUT2D eigenvalue weighted by Gasteiger charge is 2.44. The van der Waals surface area contributed by atoms with E-state index in [0.717, 1.165) is 70.6 Å². The molecule has 1 heterocycles.